The summed E-state index contributed by atoms with van der Waals surface area (Å²) in [4.78, 5) is 26.1. The normalized spacial score (nSPS) is 27.6. The minimum atomic E-state index is -1.51. The maximum absolute atomic E-state index is 13.4. The first-order valence-electron chi connectivity index (χ1n) is 8.82. The summed E-state index contributed by atoms with van der Waals surface area (Å²) in [5.74, 6) is 0.0385. The van der Waals surface area contributed by atoms with Crippen molar-refractivity contribution >= 4 is 11.8 Å². The van der Waals surface area contributed by atoms with Gasteiger partial charge in [-0.2, -0.15) is 0 Å². The van der Waals surface area contributed by atoms with Crippen molar-refractivity contribution in [1.29, 1.82) is 0 Å². The van der Waals surface area contributed by atoms with Gasteiger partial charge in [-0.3, -0.25) is 4.79 Å². The van der Waals surface area contributed by atoms with Crippen LogP contribution in [0.1, 0.15) is 35.4 Å². The number of para-hydroxylation sites is 1. The molecule has 6 nitrogen and oxygen atoms in total. The molecule has 6 heteroatoms. The van der Waals surface area contributed by atoms with Gasteiger partial charge < -0.3 is 19.3 Å². The molecular formula is C21H20O6. The van der Waals surface area contributed by atoms with Crippen LogP contribution in [-0.4, -0.2) is 36.2 Å². The number of aliphatic hydroxyl groups is 1. The van der Waals surface area contributed by atoms with Gasteiger partial charge in [0.15, 0.2) is 5.78 Å². The second-order valence-electron chi connectivity index (χ2n) is 6.80. The van der Waals surface area contributed by atoms with E-state index in [0.29, 0.717) is 22.6 Å². The van der Waals surface area contributed by atoms with Crippen LogP contribution < -0.4 is 9.47 Å². The Morgan fingerprint density at radius 3 is 2.56 bits per heavy atom. The lowest BCUT2D eigenvalue weighted by atomic mass is 9.80. The van der Waals surface area contributed by atoms with E-state index in [9.17, 15) is 14.7 Å². The number of carbonyl (C=O) groups excluding carboxylic acids is 2. The number of Topliss-reactive ketones (excluding diaryl/α,β-unsaturated/α-hetero) is 1. The fourth-order valence-corrected chi connectivity index (χ4v) is 3.98. The SMILES string of the molecule is CCOC(=O)[C@@]12C[C@]1(C(=O)c1ccc(OC)cc1)[C@H](O)c1ccccc1O2. The molecule has 0 amide bonds. The Balaban J connectivity index is 1.80. The molecule has 27 heavy (non-hydrogen) atoms. The topological polar surface area (TPSA) is 82.1 Å². The fraction of sp³-hybridized carbons (Fsp3) is 0.333. The second kappa shape index (κ2) is 6.09. The molecule has 4 rings (SSSR count). The van der Waals surface area contributed by atoms with E-state index in [1.54, 1.807) is 55.5 Å². The van der Waals surface area contributed by atoms with Gasteiger partial charge in [0.05, 0.1) is 13.7 Å². The molecule has 1 aliphatic heterocycles. The summed E-state index contributed by atoms with van der Waals surface area (Å²) >= 11 is 0. The van der Waals surface area contributed by atoms with Gasteiger partial charge in [-0.1, -0.05) is 18.2 Å². The molecule has 1 aliphatic carbocycles. The third-order valence-corrected chi connectivity index (χ3v) is 5.45. The van der Waals surface area contributed by atoms with Gasteiger partial charge in [-0.25, -0.2) is 4.79 Å². The molecule has 2 aromatic rings. The number of methoxy groups -OCH3 is 1. The standard InChI is InChI=1S/C21H20O6/c1-3-26-19(24)21-12-20(21,17(22)13-8-10-14(25-2)11-9-13)18(23)15-6-4-5-7-16(15)27-21/h4-11,18,23H,3,12H2,1-2H3/t18-,20+,21+/m1/s1. The van der Waals surface area contributed by atoms with Crippen LogP contribution in [0.5, 0.6) is 11.5 Å². The summed E-state index contributed by atoms with van der Waals surface area (Å²) < 4.78 is 16.3. The van der Waals surface area contributed by atoms with Crippen LogP contribution in [0.4, 0.5) is 0 Å². The van der Waals surface area contributed by atoms with Crippen LogP contribution in [0.25, 0.3) is 0 Å². The predicted octanol–water partition coefficient (Wildman–Crippen LogP) is 2.70. The highest BCUT2D eigenvalue weighted by Gasteiger charge is 2.84. The smallest absolute Gasteiger partial charge is 0.351 e. The molecule has 1 saturated carbocycles. The van der Waals surface area contributed by atoms with Crippen molar-refractivity contribution in [2.75, 3.05) is 13.7 Å². The van der Waals surface area contributed by atoms with Crippen LogP contribution in [0.3, 0.4) is 0 Å². The lowest BCUT2D eigenvalue weighted by Gasteiger charge is -2.34. The van der Waals surface area contributed by atoms with Crippen molar-refractivity contribution in [3.05, 3.63) is 59.7 Å². The predicted molar refractivity (Wildman–Crippen MR) is 95.8 cm³/mol. The number of ketones is 1. The van der Waals surface area contributed by atoms with E-state index in [0.717, 1.165) is 0 Å². The number of hydrogen-bond acceptors (Lipinski definition) is 6. The number of hydrogen-bond donors (Lipinski definition) is 1. The van der Waals surface area contributed by atoms with E-state index in [2.05, 4.69) is 0 Å². The van der Waals surface area contributed by atoms with E-state index in [4.69, 9.17) is 14.2 Å². The molecule has 3 atom stereocenters. The first-order valence-corrected chi connectivity index (χ1v) is 8.82. The Kier molecular flexibility index (Phi) is 3.96. The summed E-state index contributed by atoms with van der Waals surface area (Å²) in [6.07, 6.45) is -1.10. The number of carbonyl (C=O) groups is 2. The van der Waals surface area contributed by atoms with Crippen LogP contribution in [-0.2, 0) is 9.53 Å². The Morgan fingerprint density at radius 1 is 1.19 bits per heavy atom. The van der Waals surface area contributed by atoms with Gasteiger partial charge in [-0.15, -0.1) is 0 Å². The van der Waals surface area contributed by atoms with E-state index in [1.165, 1.54) is 7.11 Å². The second-order valence-corrected chi connectivity index (χ2v) is 6.80. The summed E-state index contributed by atoms with van der Waals surface area (Å²) in [6.45, 7) is 1.85. The average Bonchev–Trinajstić information content (AvgIpc) is 3.40. The minimum Gasteiger partial charge on any atom is -0.497 e. The first kappa shape index (κ1) is 17.5. The maximum Gasteiger partial charge on any atom is 0.351 e. The number of aliphatic hydroxyl groups excluding tert-OH is 1. The van der Waals surface area contributed by atoms with Gasteiger partial charge in [0.1, 0.15) is 23.0 Å². The van der Waals surface area contributed by atoms with Crippen LogP contribution >= 0.6 is 0 Å². The van der Waals surface area contributed by atoms with Crippen molar-refractivity contribution < 1.29 is 28.9 Å². The van der Waals surface area contributed by atoms with Crippen LogP contribution in [0, 0.1) is 5.41 Å². The molecule has 2 aliphatic rings. The summed E-state index contributed by atoms with van der Waals surface area (Å²) in [5.41, 5.74) is -2.03. The molecule has 0 saturated heterocycles. The zero-order valence-electron chi connectivity index (χ0n) is 15.1. The Morgan fingerprint density at radius 2 is 1.89 bits per heavy atom. The Bertz CT molecular complexity index is 905. The monoisotopic (exact) mass is 368 g/mol. The summed E-state index contributed by atoms with van der Waals surface area (Å²) in [5, 5.41) is 11.1. The lowest BCUT2D eigenvalue weighted by Crippen LogP contribution is -2.46. The number of esters is 1. The van der Waals surface area contributed by atoms with Gasteiger partial charge in [-0.05, 0) is 37.3 Å². The molecule has 0 radical (unpaired) electrons. The molecule has 1 fully saturated rings. The molecule has 1 N–H and O–H groups in total. The van der Waals surface area contributed by atoms with E-state index in [-0.39, 0.29) is 18.8 Å². The third kappa shape index (κ3) is 2.29. The van der Waals surface area contributed by atoms with Gasteiger partial charge in [0, 0.05) is 17.5 Å². The van der Waals surface area contributed by atoms with Crippen molar-refractivity contribution in [2.45, 2.75) is 25.0 Å². The molecular weight excluding hydrogens is 348 g/mol. The van der Waals surface area contributed by atoms with Gasteiger partial charge in [0.2, 0.25) is 5.60 Å². The van der Waals surface area contributed by atoms with Crippen molar-refractivity contribution in [3.63, 3.8) is 0 Å². The highest BCUT2D eigenvalue weighted by atomic mass is 16.6. The van der Waals surface area contributed by atoms with E-state index in [1.807, 2.05) is 0 Å². The van der Waals surface area contributed by atoms with E-state index < -0.39 is 23.1 Å². The summed E-state index contributed by atoms with van der Waals surface area (Å²) in [6, 6.07) is 13.5. The molecule has 0 unspecified atom stereocenters. The molecule has 0 bridgehead atoms. The summed E-state index contributed by atoms with van der Waals surface area (Å²) in [7, 11) is 1.54. The molecule has 140 valence electrons. The van der Waals surface area contributed by atoms with Crippen molar-refractivity contribution in [3.8, 4) is 11.5 Å². The Hall–Kier alpha value is -2.86. The highest BCUT2D eigenvalue weighted by molar-refractivity contribution is 6.10. The Labute approximate surface area is 156 Å². The zero-order chi connectivity index (χ0) is 19.2. The maximum atomic E-state index is 13.4. The van der Waals surface area contributed by atoms with Gasteiger partial charge >= 0.3 is 5.97 Å². The van der Waals surface area contributed by atoms with E-state index >= 15 is 0 Å². The molecule has 0 aromatic heterocycles. The van der Waals surface area contributed by atoms with Crippen LogP contribution in [0.2, 0.25) is 0 Å². The lowest BCUT2D eigenvalue weighted by molar-refractivity contribution is -0.158. The fourth-order valence-electron chi connectivity index (χ4n) is 3.98. The number of fused-ring (bicyclic) bond motifs is 2. The highest BCUT2D eigenvalue weighted by Crippen LogP contribution is 2.70. The number of benzene rings is 2. The van der Waals surface area contributed by atoms with Crippen LogP contribution in [0.15, 0.2) is 48.5 Å². The van der Waals surface area contributed by atoms with Crippen molar-refractivity contribution in [1.82, 2.24) is 0 Å². The number of rotatable bonds is 5. The van der Waals surface area contributed by atoms with Crippen molar-refractivity contribution in [2.24, 2.45) is 5.41 Å². The third-order valence-electron chi connectivity index (χ3n) is 5.45. The quantitative estimate of drug-likeness (QED) is 0.645. The largest absolute Gasteiger partial charge is 0.497 e. The molecule has 0 spiro atoms. The molecule has 2 aromatic carbocycles. The first-order chi connectivity index (χ1) is 13.0. The minimum absolute atomic E-state index is 0.0690. The number of ether oxygens (including phenoxy) is 3. The average molecular weight is 368 g/mol. The molecule has 1 heterocycles. The zero-order valence-corrected chi connectivity index (χ0v) is 15.1. The van der Waals surface area contributed by atoms with Gasteiger partial charge in [0.25, 0.3) is 0 Å².